The number of imidazole rings is 1. The summed E-state index contributed by atoms with van der Waals surface area (Å²) < 4.78 is 26.5. The Morgan fingerprint density at radius 1 is 1.03 bits per heavy atom. The third-order valence-corrected chi connectivity index (χ3v) is 5.11. The molecule has 10 heteroatoms. The molecule has 0 aliphatic rings. The molecule has 4 N–H and O–H groups in total. The maximum absolute atomic E-state index is 12.8. The monoisotopic (exact) mass is 443 g/mol. The van der Waals surface area contributed by atoms with E-state index in [-0.39, 0.29) is 0 Å². The number of pyridine rings is 2. The second-order valence-electron chi connectivity index (χ2n) is 6.86. The Balaban J connectivity index is 1.32. The Hall–Kier alpha value is -3.46. The van der Waals surface area contributed by atoms with Crippen molar-refractivity contribution in [3.63, 3.8) is 0 Å². The summed E-state index contributed by atoms with van der Waals surface area (Å²) in [7, 11) is 0. The molecule has 0 atom stereocenters. The number of nitrogens with one attached hydrogen (secondary N) is 2. The van der Waals surface area contributed by atoms with Crippen molar-refractivity contribution in [1.29, 1.82) is 0 Å². The number of benzene rings is 1. The molecule has 0 amide bonds. The van der Waals surface area contributed by atoms with Crippen molar-refractivity contribution in [2.45, 2.75) is 19.5 Å². The number of rotatable bonds is 8. The summed E-state index contributed by atoms with van der Waals surface area (Å²) in [6, 6.07) is 9.53. The molecule has 3 aromatic heterocycles. The van der Waals surface area contributed by atoms with Gasteiger partial charge in [-0.3, -0.25) is 4.57 Å². The summed E-state index contributed by atoms with van der Waals surface area (Å²) in [5, 5.41) is 8.65. The molecule has 31 heavy (non-hydrogen) atoms. The third kappa shape index (κ3) is 4.83. The molecular weight excluding hydrogens is 424 g/mol. The number of alkyl halides is 2. The number of nitrogen functional groups attached to an aromatic ring is 1. The van der Waals surface area contributed by atoms with E-state index in [4.69, 9.17) is 17.3 Å². The Labute approximate surface area is 182 Å². The fourth-order valence-electron chi connectivity index (χ4n) is 3.20. The van der Waals surface area contributed by atoms with Gasteiger partial charge in [0.05, 0.1) is 5.02 Å². The van der Waals surface area contributed by atoms with Crippen molar-refractivity contribution >= 4 is 39.7 Å². The predicted octanol–water partition coefficient (Wildman–Crippen LogP) is 4.72. The molecule has 4 aromatic rings. The van der Waals surface area contributed by atoms with Gasteiger partial charge < -0.3 is 16.4 Å². The van der Waals surface area contributed by atoms with Gasteiger partial charge in [0.25, 0.3) is 0 Å². The van der Waals surface area contributed by atoms with E-state index in [0.717, 1.165) is 26.6 Å². The molecule has 0 unspecified atom stereocenters. The summed E-state index contributed by atoms with van der Waals surface area (Å²) in [5.41, 5.74) is 7.78. The minimum Gasteiger partial charge on any atom is -0.383 e. The molecule has 0 fully saturated rings. The molecule has 160 valence electrons. The van der Waals surface area contributed by atoms with Crippen LogP contribution in [-0.2, 0) is 13.0 Å². The number of halogens is 3. The Morgan fingerprint density at radius 2 is 1.90 bits per heavy atom. The first-order valence-corrected chi connectivity index (χ1v) is 9.95. The van der Waals surface area contributed by atoms with Crippen molar-refractivity contribution in [1.82, 2.24) is 19.5 Å². The molecular formula is C21H20ClF2N7. The Bertz CT molecular complexity index is 1180. The normalized spacial score (nSPS) is 11.2. The zero-order valence-corrected chi connectivity index (χ0v) is 17.2. The molecule has 0 radical (unpaired) electrons. The van der Waals surface area contributed by atoms with Gasteiger partial charge in [-0.05, 0) is 29.8 Å². The highest BCUT2D eigenvalue weighted by Crippen LogP contribution is 2.29. The lowest BCUT2D eigenvalue weighted by Crippen LogP contribution is -2.11. The molecule has 0 saturated heterocycles. The maximum atomic E-state index is 12.8. The average Bonchev–Trinajstić information content (AvgIpc) is 3.25. The van der Waals surface area contributed by atoms with E-state index in [1.54, 1.807) is 12.4 Å². The second kappa shape index (κ2) is 9.13. The van der Waals surface area contributed by atoms with Crippen LogP contribution in [0.3, 0.4) is 0 Å². The van der Waals surface area contributed by atoms with Crippen LogP contribution in [0.2, 0.25) is 5.02 Å². The highest BCUT2D eigenvalue weighted by molar-refractivity contribution is 6.35. The number of hydrogen-bond donors (Lipinski definition) is 3. The zero-order valence-electron chi connectivity index (χ0n) is 16.4. The van der Waals surface area contributed by atoms with Crippen LogP contribution in [0.4, 0.5) is 26.1 Å². The van der Waals surface area contributed by atoms with Crippen LogP contribution >= 0.6 is 11.6 Å². The smallest absolute Gasteiger partial charge is 0.319 e. The fourth-order valence-corrected chi connectivity index (χ4v) is 3.40. The van der Waals surface area contributed by atoms with Gasteiger partial charge in [-0.25, -0.2) is 15.0 Å². The van der Waals surface area contributed by atoms with E-state index >= 15 is 0 Å². The van der Waals surface area contributed by atoms with Gasteiger partial charge in [0.2, 0.25) is 0 Å². The van der Waals surface area contributed by atoms with Gasteiger partial charge in [0, 0.05) is 60.8 Å². The zero-order chi connectivity index (χ0) is 21.8. The minimum atomic E-state index is -2.59. The van der Waals surface area contributed by atoms with Crippen molar-refractivity contribution in [2.75, 3.05) is 22.9 Å². The highest BCUT2D eigenvalue weighted by Gasteiger charge is 2.10. The molecule has 0 spiro atoms. The highest BCUT2D eigenvalue weighted by atomic mass is 35.5. The molecule has 0 bridgehead atoms. The summed E-state index contributed by atoms with van der Waals surface area (Å²) in [6.45, 7) is -1.57. The fraction of sp³-hybridized carbons (Fsp3) is 0.190. The van der Waals surface area contributed by atoms with Crippen LogP contribution in [0, 0.1) is 0 Å². The van der Waals surface area contributed by atoms with Gasteiger partial charge in [0.15, 0.2) is 0 Å². The lowest BCUT2D eigenvalue weighted by atomic mass is 10.1. The Kier molecular flexibility index (Phi) is 6.13. The summed E-state index contributed by atoms with van der Waals surface area (Å²) in [4.78, 5) is 12.4. The van der Waals surface area contributed by atoms with Gasteiger partial charge in [-0.15, -0.1) is 0 Å². The quantitative estimate of drug-likeness (QED) is 0.364. The van der Waals surface area contributed by atoms with E-state index in [2.05, 4.69) is 25.6 Å². The summed E-state index contributed by atoms with van der Waals surface area (Å²) >= 11 is 6.23. The summed E-state index contributed by atoms with van der Waals surface area (Å²) in [6.07, 6.45) is 6.31. The van der Waals surface area contributed by atoms with E-state index in [9.17, 15) is 8.78 Å². The molecule has 7 nitrogen and oxygen atoms in total. The number of nitrogens with zero attached hydrogens (tertiary/aromatic N) is 4. The lowest BCUT2D eigenvalue weighted by molar-refractivity contribution is 0.0671. The lowest BCUT2D eigenvalue weighted by Gasteiger charge is -2.10. The van der Waals surface area contributed by atoms with Crippen molar-refractivity contribution in [3.05, 3.63) is 71.5 Å². The second-order valence-corrected chi connectivity index (χ2v) is 7.27. The van der Waals surface area contributed by atoms with E-state index in [0.29, 0.717) is 42.0 Å². The van der Waals surface area contributed by atoms with E-state index in [1.807, 2.05) is 30.3 Å². The molecule has 4 rings (SSSR count). The van der Waals surface area contributed by atoms with Gasteiger partial charge in [-0.1, -0.05) is 17.7 Å². The SMILES string of the molecule is Nc1ncc(Cl)c2cc(NCc3ccc(NCCc4nccn4C(F)F)nc3)ccc12. The van der Waals surface area contributed by atoms with Crippen molar-refractivity contribution in [2.24, 2.45) is 0 Å². The van der Waals surface area contributed by atoms with Crippen LogP contribution in [0.1, 0.15) is 17.9 Å². The van der Waals surface area contributed by atoms with Crippen LogP contribution in [-0.4, -0.2) is 26.1 Å². The van der Waals surface area contributed by atoms with Gasteiger partial charge >= 0.3 is 6.55 Å². The van der Waals surface area contributed by atoms with Crippen LogP contribution in [0.25, 0.3) is 10.8 Å². The van der Waals surface area contributed by atoms with Crippen LogP contribution in [0.15, 0.2) is 55.1 Å². The first-order chi connectivity index (χ1) is 15.0. The molecule has 0 aliphatic heterocycles. The topological polar surface area (TPSA) is 93.7 Å². The Morgan fingerprint density at radius 3 is 2.68 bits per heavy atom. The molecule has 0 aliphatic carbocycles. The largest absolute Gasteiger partial charge is 0.383 e. The number of aromatic nitrogens is 4. The first-order valence-electron chi connectivity index (χ1n) is 9.57. The molecule has 0 saturated carbocycles. The van der Waals surface area contributed by atoms with Gasteiger partial charge in [-0.2, -0.15) is 8.78 Å². The van der Waals surface area contributed by atoms with Crippen molar-refractivity contribution in [3.8, 4) is 0 Å². The van der Waals surface area contributed by atoms with Crippen LogP contribution in [0.5, 0.6) is 0 Å². The van der Waals surface area contributed by atoms with Crippen molar-refractivity contribution < 1.29 is 8.78 Å². The van der Waals surface area contributed by atoms with E-state index in [1.165, 1.54) is 12.4 Å². The third-order valence-electron chi connectivity index (χ3n) is 4.81. The standard InChI is InChI=1S/C21H20ClF2N7/c22-17-12-30-20(25)15-3-2-14(9-16(15)17)28-10-13-1-4-18(29-11-13)26-6-5-19-27-7-8-31(19)21(23)24/h1-4,7-9,11-12,21,28H,5-6,10H2,(H2,25,30)(H,26,29). The molecule has 1 aromatic carbocycles. The maximum Gasteiger partial charge on any atom is 0.319 e. The van der Waals surface area contributed by atoms with Crippen LogP contribution < -0.4 is 16.4 Å². The molecule has 3 heterocycles. The first kappa shape index (κ1) is 20.8. The number of anilines is 3. The average molecular weight is 444 g/mol. The number of nitrogens with two attached hydrogens (primary N) is 1. The number of fused-ring (bicyclic) bond motifs is 1. The van der Waals surface area contributed by atoms with Gasteiger partial charge in [0.1, 0.15) is 17.5 Å². The van der Waals surface area contributed by atoms with E-state index < -0.39 is 6.55 Å². The number of hydrogen-bond acceptors (Lipinski definition) is 6. The predicted molar refractivity (Wildman–Crippen MR) is 118 cm³/mol. The minimum absolute atomic E-state index is 0.330. The summed E-state index contributed by atoms with van der Waals surface area (Å²) in [5.74, 6) is 1.44.